The third-order valence-electron chi connectivity index (χ3n) is 4.81. The van der Waals surface area contributed by atoms with Gasteiger partial charge in [0.2, 0.25) is 23.6 Å². The van der Waals surface area contributed by atoms with E-state index in [-0.39, 0.29) is 18.8 Å². The smallest absolute Gasteiger partial charge is 0.328 e. The molecule has 0 spiro atoms. The van der Waals surface area contributed by atoms with Gasteiger partial charge in [-0.1, -0.05) is 44.2 Å². The Kier molecular flexibility index (Phi) is 11.7. The topological polar surface area (TPSA) is 214 Å². The highest BCUT2D eigenvalue weighted by Crippen LogP contribution is 2.07. The number of carbonyl (C=O) groups is 5. The van der Waals surface area contributed by atoms with E-state index in [0.717, 1.165) is 5.56 Å². The number of nitrogens with one attached hydrogen (secondary N) is 3. The van der Waals surface area contributed by atoms with E-state index >= 15 is 0 Å². The summed E-state index contributed by atoms with van der Waals surface area (Å²) in [7, 11) is 0. The molecule has 9 N–H and O–H groups in total. The summed E-state index contributed by atoms with van der Waals surface area (Å²) in [6, 6.07) is 3.79. The van der Waals surface area contributed by atoms with E-state index in [2.05, 4.69) is 16.0 Å². The van der Waals surface area contributed by atoms with Crippen molar-refractivity contribution in [3.05, 3.63) is 35.9 Å². The monoisotopic (exact) mass is 479 g/mol. The molecule has 34 heavy (non-hydrogen) atoms. The molecule has 188 valence electrons. The first-order valence-corrected chi connectivity index (χ1v) is 10.8. The lowest BCUT2D eigenvalue weighted by Crippen LogP contribution is -2.58. The minimum absolute atomic E-state index is 0.0862. The Morgan fingerprint density at radius 2 is 1.41 bits per heavy atom. The van der Waals surface area contributed by atoms with Crippen LogP contribution in [0, 0.1) is 5.92 Å². The van der Waals surface area contributed by atoms with Crippen LogP contribution in [-0.2, 0) is 30.4 Å². The van der Waals surface area contributed by atoms with Crippen molar-refractivity contribution in [1.29, 1.82) is 0 Å². The number of amides is 4. The van der Waals surface area contributed by atoms with Gasteiger partial charge in [-0.3, -0.25) is 19.2 Å². The summed E-state index contributed by atoms with van der Waals surface area (Å²) in [5.74, 6) is -4.80. The van der Waals surface area contributed by atoms with Crippen molar-refractivity contribution >= 4 is 29.6 Å². The fourth-order valence-electron chi connectivity index (χ4n) is 3.08. The summed E-state index contributed by atoms with van der Waals surface area (Å²) in [5, 5.41) is 25.1. The van der Waals surface area contributed by atoms with Crippen LogP contribution in [0.15, 0.2) is 30.3 Å². The second-order valence-electron chi connectivity index (χ2n) is 8.30. The fourth-order valence-corrected chi connectivity index (χ4v) is 3.08. The van der Waals surface area contributed by atoms with Crippen LogP contribution in [0.4, 0.5) is 0 Å². The molecule has 4 amide bonds. The Hall–Kier alpha value is -3.51. The first kappa shape index (κ1) is 28.5. The maximum absolute atomic E-state index is 12.9. The predicted molar refractivity (Wildman–Crippen MR) is 122 cm³/mol. The van der Waals surface area contributed by atoms with E-state index in [4.69, 9.17) is 21.7 Å². The summed E-state index contributed by atoms with van der Waals surface area (Å²) in [4.78, 5) is 60.6. The normalized spacial score (nSPS) is 14.4. The summed E-state index contributed by atoms with van der Waals surface area (Å²) in [5.41, 5.74) is 12.0. The number of aliphatic carboxylic acids is 1. The largest absolute Gasteiger partial charge is 0.480 e. The molecule has 12 heteroatoms. The Morgan fingerprint density at radius 3 is 1.91 bits per heavy atom. The molecule has 1 aromatic carbocycles. The number of aliphatic hydroxyl groups is 1. The van der Waals surface area contributed by atoms with Gasteiger partial charge >= 0.3 is 5.97 Å². The summed E-state index contributed by atoms with van der Waals surface area (Å²) < 4.78 is 0. The fraction of sp³-hybridized carbons (Fsp3) is 0.500. The predicted octanol–water partition coefficient (Wildman–Crippen LogP) is -1.99. The van der Waals surface area contributed by atoms with E-state index in [1.165, 1.54) is 0 Å². The van der Waals surface area contributed by atoms with Crippen LogP contribution in [-0.4, -0.2) is 70.6 Å². The third kappa shape index (κ3) is 9.96. The van der Waals surface area contributed by atoms with Crippen molar-refractivity contribution in [3.63, 3.8) is 0 Å². The van der Waals surface area contributed by atoms with Crippen LogP contribution >= 0.6 is 0 Å². The molecule has 1 rings (SSSR count). The minimum Gasteiger partial charge on any atom is -0.480 e. The maximum atomic E-state index is 12.9. The van der Waals surface area contributed by atoms with Crippen molar-refractivity contribution in [1.82, 2.24) is 16.0 Å². The highest BCUT2D eigenvalue weighted by atomic mass is 16.4. The van der Waals surface area contributed by atoms with Gasteiger partial charge in [-0.05, 0) is 24.3 Å². The van der Waals surface area contributed by atoms with Crippen LogP contribution < -0.4 is 27.4 Å². The van der Waals surface area contributed by atoms with Gasteiger partial charge in [0.05, 0.1) is 19.1 Å². The Morgan fingerprint density at radius 1 is 0.882 bits per heavy atom. The SMILES string of the molecule is CC(C)CC(NC(=O)C(CC(N)=O)NC(=O)C(N)Cc1ccccc1)C(=O)NC(CO)C(=O)O. The number of primary amides is 1. The van der Waals surface area contributed by atoms with Gasteiger partial charge in [0, 0.05) is 0 Å². The number of hydrogen-bond acceptors (Lipinski definition) is 7. The molecule has 0 aliphatic heterocycles. The van der Waals surface area contributed by atoms with Crippen LogP contribution in [0.25, 0.3) is 0 Å². The lowest BCUT2D eigenvalue weighted by atomic mass is 10.0. The molecule has 0 aliphatic carbocycles. The first-order valence-electron chi connectivity index (χ1n) is 10.8. The highest BCUT2D eigenvalue weighted by molar-refractivity contribution is 5.96. The summed E-state index contributed by atoms with van der Waals surface area (Å²) in [6.45, 7) is 2.71. The molecule has 0 saturated carbocycles. The molecule has 1 aromatic rings. The van der Waals surface area contributed by atoms with E-state index in [1.807, 2.05) is 6.07 Å². The molecule has 0 radical (unpaired) electrons. The van der Waals surface area contributed by atoms with E-state index < -0.39 is 66.8 Å². The minimum atomic E-state index is -1.56. The van der Waals surface area contributed by atoms with E-state index in [1.54, 1.807) is 38.1 Å². The maximum Gasteiger partial charge on any atom is 0.328 e. The van der Waals surface area contributed by atoms with Gasteiger partial charge in [-0.25, -0.2) is 4.79 Å². The molecule has 0 aliphatic rings. The zero-order valence-corrected chi connectivity index (χ0v) is 19.2. The van der Waals surface area contributed by atoms with Crippen LogP contribution in [0.1, 0.15) is 32.3 Å². The number of nitrogens with two attached hydrogens (primary N) is 2. The Bertz CT molecular complexity index is 862. The average Bonchev–Trinajstić information content (AvgIpc) is 2.75. The van der Waals surface area contributed by atoms with Crippen LogP contribution in [0.2, 0.25) is 0 Å². The summed E-state index contributed by atoms with van der Waals surface area (Å²) >= 11 is 0. The van der Waals surface area contributed by atoms with Crippen LogP contribution in [0.3, 0.4) is 0 Å². The molecule has 0 fully saturated rings. The molecule has 0 heterocycles. The number of carboxylic acids is 1. The van der Waals surface area contributed by atoms with Crippen molar-refractivity contribution in [3.8, 4) is 0 Å². The standard InChI is InChI=1S/C22H33N5O7/c1-12(2)8-15(20(31)27-17(11-28)22(33)34)26-21(32)16(10-18(24)29)25-19(30)14(23)9-13-6-4-3-5-7-13/h3-7,12,14-17,28H,8-11,23H2,1-2H3,(H2,24,29)(H,25,30)(H,26,32)(H,27,31)(H,33,34). The van der Waals surface area contributed by atoms with Crippen molar-refractivity contribution in [2.45, 2.75) is 57.3 Å². The third-order valence-corrected chi connectivity index (χ3v) is 4.81. The van der Waals surface area contributed by atoms with Crippen molar-refractivity contribution in [2.24, 2.45) is 17.4 Å². The molecule has 4 unspecified atom stereocenters. The highest BCUT2D eigenvalue weighted by Gasteiger charge is 2.31. The molecule has 0 saturated heterocycles. The Labute approximate surface area is 197 Å². The second-order valence-corrected chi connectivity index (χ2v) is 8.30. The number of carboxylic acid groups (broad SMARTS) is 1. The average molecular weight is 480 g/mol. The van der Waals surface area contributed by atoms with Gasteiger partial charge in [0.25, 0.3) is 0 Å². The second kappa shape index (κ2) is 13.9. The number of rotatable bonds is 14. The lowest BCUT2D eigenvalue weighted by molar-refractivity contribution is -0.143. The first-order chi connectivity index (χ1) is 15.9. The van der Waals surface area contributed by atoms with Gasteiger partial charge in [-0.15, -0.1) is 0 Å². The molecule has 12 nitrogen and oxygen atoms in total. The number of aliphatic hydroxyl groups excluding tert-OH is 1. The molecular formula is C22H33N5O7. The Balaban J connectivity index is 2.93. The van der Waals surface area contributed by atoms with Crippen LogP contribution in [0.5, 0.6) is 0 Å². The van der Waals surface area contributed by atoms with Gasteiger partial charge in [0.1, 0.15) is 18.1 Å². The number of carbonyl (C=O) groups excluding carboxylic acids is 4. The zero-order chi connectivity index (χ0) is 25.8. The zero-order valence-electron chi connectivity index (χ0n) is 19.2. The van der Waals surface area contributed by atoms with E-state index in [9.17, 15) is 24.0 Å². The molecular weight excluding hydrogens is 446 g/mol. The summed E-state index contributed by atoms with van der Waals surface area (Å²) in [6.07, 6.45) is -0.228. The quantitative estimate of drug-likeness (QED) is 0.158. The van der Waals surface area contributed by atoms with Gasteiger partial charge in [-0.2, -0.15) is 0 Å². The van der Waals surface area contributed by atoms with Gasteiger partial charge in [0.15, 0.2) is 0 Å². The molecule has 0 bridgehead atoms. The number of hydrogen-bond donors (Lipinski definition) is 7. The molecule has 4 atom stereocenters. The van der Waals surface area contributed by atoms with Gasteiger partial charge < -0.3 is 37.6 Å². The van der Waals surface area contributed by atoms with E-state index in [0.29, 0.717) is 0 Å². The van der Waals surface area contributed by atoms with Crippen molar-refractivity contribution in [2.75, 3.05) is 6.61 Å². The molecule has 0 aromatic heterocycles. The lowest BCUT2D eigenvalue weighted by Gasteiger charge is -2.25. The van der Waals surface area contributed by atoms with Crippen molar-refractivity contribution < 1.29 is 34.2 Å². The number of benzene rings is 1.